The van der Waals surface area contributed by atoms with Crippen molar-refractivity contribution >= 4 is 17.7 Å². The molecule has 1 aliphatic rings. The van der Waals surface area contributed by atoms with Crippen LogP contribution in [0.25, 0.3) is 0 Å². The lowest BCUT2D eigenvalue weighted by Gasteiger charge is -2.12. The molecule has 0 saturated carbocycles. The van der Waals surface area contributed by atoms with E-state index in [-0.39, 0.29) is 26.1 Å². The van der Waals surface area contributed by atoms with Gasteiger partial charge in [-0.3, -0.25) is 9.59 Å². The molecule has 84 valence electrons. The molecule has 0 aromatic heterocycles. The van der Waals surface area contributed by atoms with E-state index in [0.717, 1.165) is 0 Å². The van der Waals surface area contributed by atoms with Crippen molar-refractivity contribution in [2.45, 2.75) is 18.9 Å². The smallest absolute Gasteiger partial charge is 0.342 e. The SMILES string of the molecule is COC(=O)C1OCCOC(=O)CCC1=O. The fraction of sp³-hybridized carbons (Fsp3) is 0.667. The third kappa shape index (κ3) is 3.32. The predicted molar refractivity (Wildman–Crippen MR) is 47.0 cm³/mol. The summed E-state index contributed by atoms with van der Waals surface area (Å²) in [5, 5.41) is 0. The van der Waals surface area contributed by atoms with Crippen LogP contribution in [0.15, 0.2) is 0 Å². The molecule has 0 spiro atoms. The highest BCUT2D eigenvalue weighted by molar-refractivity contribution is 6.02. The van der Waals surface area contributed by atoms with Gasteiger partial charge in [0.15, 0.2) is 5.78 Å². The van der Waals surface area contributed by atoms with Gasteiger partial charge in [0.25, 0.3) is 0 Å². The van der Waals surface area contributed by atoms with Gasteiger partial charge >= 0.3 is 11.9 Å². The van der Waals surface area contributed by atoms with Crippen LogP contribution in [0.4, 0.5) is 0 Å². The van der Waals surface area contributed by atoms with Crippen molar-refractivity contribution < 1.29 is 28.6 Å². The zero-order chi connectivity index (χ0) is 11.3. The first-order valence-electron chi connectivity index (χ1n) is 4.53. The summed E-state index contributed by atoms with van der Waals surface area (Å²) in [6.07, 6.45) is -1.33. The van der Waals surface area contributed by atoms with Crippen molar-refractivity contribution in [2.75, 3.05) is 20.3 Å². The zero-order valence-corrected chi connectivity index (χ0v) is 8.36. The number of carbonyl (C=O) groups excluding carboxylic acids is 3. The maximum Gasteiger partial charge on any atom is 0.342 e. The Balaban J connectivity index is 2.65. The van der Waals surface area contributed by atoms with Crippen molar-refractivity contribution in [1.82, 2.24) is 0 Å². The second kappa shape index (κ2) is 5.45. The highest BCUT2D eigenvalue weighted by Crippen LogP contribution is 2.06. The van der Waals surface area contributed by atoms with E-state index < -0.39 is 23.8 Å². The van der Waals surface area contributed by atoms with E-state index in [4.69, 9.17) is 9.47 Å². The van der Waals surface area contributed by atoms with E-state index in [2.05, 4.69) is 4.74 Å². The molecule has 0 bridgehead atoms. The normalized spacial score (nSPS) is 23.4. The number of methoxy groups -OCH3 is 1. The summed E-state index contributed by atoms with van der Waals surface area (Å²) in [7, 11) is 1.17. The van der Waals surface area contributed by atoms with Gasteiger partial charge in [-0.15, -0.1) is 0 Å². The number of rotatable bonds is 1. The first-order chi connectivity index (χ1) is 7.15. The van der Waals surface area contributed by atoms with Crippen molar-refractivity contribution in [2.24, 2.45) is 0 Å². The molecule has 1 heterocycles. The third-order valence-corrected chi connectivity index (χ3v) is 1.91. The highest BCUT2D eigenvalue weighted by Gasteiger charge is 2.29. The minimum atomic E-state index is -1.23. The number of Topliss-reactive ketones (excluding diaryl/α,β-unsaturated/α-hetero) is 1. The molecule has 1 saturated heterocycles. The minimum Gasteiger partial charge on any atom is -0.467 e. The molecular formula is C9H12O6. The van der Waals surface area contributed by atoms with Crippen molar-refractivity contribution in [3.8, 4) is 0 Å². The molecule has 1 unspecified atom stereocenters. The van der Waals surface area contributed by atoms with Crippen LogP contribution < -0.4 is 0 Å². The highest BCUT2D eigenvalue weighted by atomic mass is 16.6. The Morgan fingerprint density at radius 2 is 2.07 bits per heavy atom. The molecule has 1 aliphatic heterocycles. The van der Waals surface area contributed by atoms with Gasteiger partial charge in [-0.05, 0) is 0 Å². The molecule has 1 atom stereocenters. The molecule has 6 heteroatoms. The summed E-state index contributed by atoms with van der Waals surface area (Å²) in [5.74, 6) is -1.66. The summed E-state index contributed by atoms with van der Waals surface area (Å²) >= 11 is 0. The van der Waals surface area contributed by atoms with Crippen LogP contribution in [0.3, 0.4) is 0 Å². The average molecular weight is 216 g/mol. The summed E-state index contributed by atoms with van der Waals surface area (Å²) in [4.78, 5) is 33.5. The number of cyclic esters (lactones) is 1. The van der Waals surface area contributed by atoms with Crippen LogP contribution >= 0.6 is 0 Å². The molecule has 0 aromatic rings. The first kappa shape index (κ1) is 11.6. The molecule has 1 rings (SSSR count). The first-order valence-corrected chi connectivity index (χ1v) is 4.53. The van der Waals surface area contributed by atoms with E-state index in [0.29, 0.717) is 0 Å². The van der Waals surface area contributed by atoms with E-state index in [1.54, 1.807) is 0 Å². The number of ether oxygens (including phenoxy) is 3. The Labute approximate surface area is 86.5 Å². The van der Waals surface area contributed by atoms with Gasteiger partial charge in [-0.1, -0.05) is 0 Å². The largest absolute Gasteiger partial charge is 0.467 e. The molecule has 6 nitrogen and oxygen atoms in total. The van der Waals surface area contributed by atoms with Crippen molar-refractivity contribution in [3.05, 3.63) is 0 Å². The lowest BCUT2D eigenvalue weighted by atomic mass is 10.1. The fourth-order valence-electron chi connectivity index (χ4n) is 1.15. The Morgan fingerprint density at radius 1 is 1.33 bits per heavy atom. The topological polar surface area (TPSA) is 78.9 Å². The second-order valence-corrected chi connectivity index (χ2v) is 2.96. The standard InChI is InChI=1S/C9H12O6/c1-13-9(12)8-6(10)2-3-7(11)14-4-5-15-8/h8H,2-5H2,1H3. The Bertz CT molecular complexity index is 272. The van der Waals surface area contributed by atoms with Gasteiger partial charge in [0.2, 0.25) is 6.10 Å². The Hall–Kier alpha value is -1.43. The van der Waals surface area contributed by atoms with Crippen LogP contribution in [0.5, 0.6) is 0 Å². The summed E-state index contributed by atoms with van der Waals surface area (Å²) in [6.45, 7) is 0.0524. The molecule has 0 aromatic carbocycles. The molecule has 0 radical (unpaired) electrons. The lowest BCUT2D eigenvalue weighted by Crippen LogP contribution is -2.34. The van der Waals surface area contributed by atoms with Crippen LogP contribution in [-0.2, 0) is 28.6 Å². The summed E-state index contributed by atoms with van der Waals surface area (Å²) < 4.78 is 14.1. The predicted octanol–water partition coefficient (Wildman–Crippen LogP) is -0.549. The number of hydrogen-bond donors (Lipinski definition) is 0. The van der Waals surface area contributed by atoms with Crippen molar-refractivity contribution in [1.29, 1.82) is 0 Å². The number of esters is 2. The van der Waals surface area contributed by atoms with E-state index >= 15 is 0 Å². The van der Waals surface area contributed by atoms with Gasteiger partial charge in [0.05, 0.1) is 20.1 Å². The molecule has 1 fully saturated rings. The van der Waals surface area contributed by atoms with Gasteiger partial charge in [-0.2, -0.15) is 0 Å². The second-order valence-electron chi connectivity index (χ2n) is 2.96. The van der Waals surface area contributed by atoms with Gasteiger partial charge in [0, 0.05) is 6.42 Å². The quantitative estimate of drug-likeness (QED) is 0.432. The Morgan fingerprint density at radius 3 is 2.73 bits per heavy atom. The fourth-order valence-corrected chi connectivity index (χ4v) is 1.15. The molecular weight excluding hydrogens is 204 g/mol. The van der Waals surface area contributed by atoms with E-state index in [1.165, 1.54) is 7.11 Å². The van der Waals surface area contributed by atoms with E-state index in [1.807, 2.05) is 0 Å². The summed E-state index contributed by atoms with van der Waals surface area (Å²) in [6, 6.07) is 0. The lowest BCUT2D eigenvalue weighted by molar-refractivity contribution is -0.159. The van der Waals surface area contributed by atoms with Gasteiger partial charge < -0.3 is 14.2 Å². The average Bonchev–Trinajstić information content (AvgIpc) is 2.31. The maximum absolute atomic E-state index is 11.4. The number of hydrogen-bond acceptors (Lipinski definition) is 6. The molecule has 0 aliphatic carbocycles. The van der Waals surface area contributed by atoms with Crippen LogP contribution in [0.1, 0.15) is 12.8 Å². The van der Waals surface area contributed by atoms with Crippen LogP contribution in [-0.4, -0.2) is 44.1 Å². The van der Waals surface area contributed by atoms with E-state index in [9.17, 15) is 14.4 Å². The Kier molecular flexibility index (Phi) is 4.23. The minimum absolute atomic E-state index is 0.0112. The molecule has 0 amide bonds. The molecule has 15 heavy (non-hydrogen) atoms. The van der Waals surface area contributed by atoms with Gasteiger partial charge in [-0.25, -0.2) is 4.79 Å². The maximum atomic E-state index is 11.4. The molecule has 0 N–H and O–H groups in total. The number of carbonyl (C=O) groups is 3. The monoisotopic (exact) mass is 216 g/mol. The third-order valence-electron chi connectivity index (χ3n) is 1.91. The number of ketones is 1. The zero-order valence-electron chi connectivity index (χ0n) is 8.36. The summed E-state index contributed by atoms with van der Waals surface area (Å²) in [5.41, 5.74) is 0. The van der Waals surface area contributed by atoms with Crippen LogP contribution in [0.2, 0.25) is 0 Å². The van der Waals surface area contributed by atoms with Crippen LogP contribution in [0, 0.1) is 0 Å². The van der Waals surface area contributed by atoms with Crippen molar-refractivity contribution in [3.63, 3.8) is 0 Å². The van der Waals surface area contributed by atoms with Gasteiger partial charge in [0.1, 0.15) is 6.61 Å².